The van der Waals surface area contributed by atoms with Crippen LogP contribution in [0.15, 0.2) is 59.1 Å². The molecule has 1 aromatic carbocycles. The van der Waals surface area contributed by atoms with Gasteiger partial charge in [-0.05, 0) is 61.1 Å². The van der Waals surface area contributed by atoms with Gasteiger partial charge in [0.15, 0.2) is 5.11 Å². The van der Waals surface area contributed by atoms with Crippen molar-refractivity contribution in [2.75, 3.05) is 20.3 Å². The smallest absolute Gasteiger partial charge is 0.335 e. The Morgan fingerprint density at radius 2 is 2.16 bits per heavy atom. The van der Waals surface area contributed by atoms with E-state index >= 15 is 0 Å². The predicted molar refractivity (Wildman–Crippen MR) is 125 cm³/mol. The van der Waals surface area contributed by atoms with Gasteiger partial charge in [0, 0.05) is 32.0 Å². The number of ether oxygens (including phenoxy) is 1. The number of aromatic nitrogens is 1. The normalized spacial score (nSPS) is 18.1. The lowest BCUT2D eigenvalue weighted by molar-refractivity contribution is 0.0697. The zero-order valence-electron chi connectivity index (χ0n) is 17.3. The first kappa shape index (κ1) is 22.3. The number of aromatic carboxylic acids is 1. The molecule has 9 heteroatoms. The van der Waals surface area contributed by atoms with Gasteiger partial charge in [-0.2, -0.15) is 0 Å². The number of carboxylic acids is 1. The van der Waals surface area contributed by atoms with Crippen LogP contribution in [0.25, 0.3) is 11.3 Å². The fourth-order valence-corrected chi connectivity index (χ4v) is 4.38. The monoisotopic (exact) mass is 471 g/mol. The van der Waals surface area contributed by atoms with Crippen LogP contribution in [0.5, 0.6) is 0 Å². The maximum Gasteiger partial charge on any atom is 0.335 e. The summed E-state index contributed by atoms with van der Waals surface area (Å²) in [5.74, 6) is 0.138. The van der Waals surface area contributed by atoms with Gasteiger partial charge in [-0.15, -0.1) is 0 Å². The lowest BCUT2D eigenvalue weighted by Gasteiger charge is -2.26. The van der Waals surface area contributed by atoms with Crippen molar-refractivity contribution in [1.29, 1.82) is 0 Å². The average Bonchev–Trinajstić information content (AvgIpc) is 3.39. The van der Waals surface area contributed by atoms with Gasteiger partial charge in [-0.1, -0.05) is 17.7 Å². The van der Waals surface area contributed by atoms with E-state index in [0.717, 1.165) is 12.1 Å². The molecule has 7 nitrogen and oxygen atoms in total. The Kier molecular flexibility index (Phi) is 6.74. The van der Waals surface area contributed by atoms with E-state index in [0.29, 0.717) is 40.4 Å². The lowest BCUT2D eigenvalue weighted by Crippen LogP contribution is -2.31. The van der Waals surface area contributed by atoms with Crippen LogP contribution in [0.2, 0.25) is 5.02 Å². The summed E-state index contributed by atoms with van der Waals surface area (Å²) in [6.07, 6.45) is 2.54. The van der Waals surface area contributed by atoms with E-state index in [1.807, 2.05) is 24.3 Å². The number of benzene rings is 1. The van der Waals surface area contributed by atoms with E-state index in [4.69, 9.17) is 33.0 Å². The van der Waals surface area contributed by atoms with E-state index < -0.39 is 5.97 Å². The second-order valence-electron chi connectivity index (χ2n) is 7.37. The molecule has 3 aromatic rings. The van der Waals surface area contributed by atoms with Gasteiger partial charge in [0.25, 0.3) is 0 Å². The van der Waals surface area contributed by atoms with Crippen LogP contribution in [0, 0.1) is 0 Å². The largest absolute Gasteiger partial charge is 0.478 e. The summed E-state index contributed by atoms with van der Waals surface area (Å²) < 4.78 is 11.4. The first-order valence-corrected chi connectivity index (χ1v) is 10.9. The number of thiocarbonyl (C=S) groups is 1. The van der Waals surface area contributed by atoms with Crippen molar-refractivity contribution in [3.8, 4) is 11.3 Å². The molecule has 2 atom stereocenters. The third-order valence-electron chi connectivity index (χ3n) is 5.34. The van der Waals surface area contributed by atoms with Crippen molar-refractivity contribution >= 4 is 34.9 Å². The molecule has 1 aliphatic heterocycles. The highest BCUT2D eigenvalue weighted by molar-refractivity contribution is 7.80. The van der Waals surface area contributed by atoms with Crippen molar-refractivity contribution in [3.05, 3.63) is 76.8 Å². The molecule has 0 bridgehead atoms. The van der Waals surface area contributed by atoms with Crippen LogP contribution >= 0.6 is 23.8 Å². The van der Waals surface area contributed by atoms with Crippen LogP contribution < -0.4 is 5.32 Å². The molecular formula is C23H22ClN3O4S. The molecular weight excluding hydrogens is 450 g/mol. The minimum absolute atomic E-state index is 0.138. The predicted octanol–water partition coefficient (Wildman–Crippen LogP) is 4.70. The number of carboxylic acid groups (broad SMARTS) is 1. The molecule has 1 saturated heterocycles. The molecule has 4 rings (SSSR count). The molecule has 0 radical (unpaired) electrons. The summed E-state index contributed by atoms with van der Waals surface area (Å²) in [7, 11) is 1.67. The number of halogens is 1. The second kappa shape index (κ2) is 9.68. The van der Waals surface area contributed by atoms with Crippen LogP contribution in [0.3, 0.4) is 0 Å². The molecule has 166 valence electrons. The molecule has 1 aliphatic rings. The van der Waals surface area contributed by atoms with Crippen LogP contribution in [0.4, 0.5) is 0 Å². The molecule has 2 N–H and O–H groups in total. The Hall–Kier alpha value is -2.94. The molecule has 0 unspecified atom stereocenters. The summed E-state index contributed by atoms with van der Waals surface area (Å²) in [6, 6.07) is 13.5. The van der Waals surface area contributed by atoms with Gasteiger partial charge in [-0.3, -0.25) is 4.98 Å². The van der Waals surface area contributed by atoms with Crippen LogP contribution in [0.1, 0.15) is 40.3 Å². The zero-order valence-corrected chi connectivity index (χ0v) is 18.9. The number of nitrogens with one attached hydrogen (secondary N) is 1. The highest BCUT2D eigenvalue weighted by Crippen LogP contribution is 2.41. The van der Waals surface area contributed by atoms with E-state index in [9.17, 15) is 9.90 Å². The fraction of sp³-hybridized carbons (Fsp3) is 0.261. The number of methoxy groups -OCH3 is 1. The lowest BCUT2D eigenvalue weighted by atomic mass is 10.0. The van der Waals surface area contributed by atoms with Gasteiger partial charge < -0.3 is 24.5 Å². The SMILES string of the molecule is COCCCN1C(=S)N[C@@H](c2ccccn2)[C@@H]1c1ccc(-c2cc(C(=O)O)ccc2Cl)o1. The van der Waals surface area contributed by atoms with Crippen LogP contribution in [-0.2, 0) is 4.74 Å². The summed E-state index contributed by atoms with van der Waals surface area (Å²) in [5.41, 5.74) is 1.50. The number of furan rings is 1. The highest BCUT2D eigenvalue weighted by atomic mass is 35.5. The fourth-order valence-electron chi connectivity index (χ4n) is 3.84. The minimum Gasteiger partial charge on any atom is -0.478 e. The van der Waals surface area contributed by atoms with Crippen molar-refractivity contribution < 1.29 is 19.1 Å². The van der Waals surface area contributed by atoms with E-state index in [-0.39, 0.29) is 17.6 Å². The van der Waals surface area contributed by atoms with Gasteiger partial charge >= 0.3 is 5.97 Å². The Morgan fingerprint density at radius 1 is 1.31 bits per heavy atom. The quantitative estimate of drug-likeness (QED) is 0.361. The summed E-state index contributed by atoms with van der Waals surface area (Å²) >= 11 is 12.0. The molecule has 3 heterocycles. The number of hydrogen-bond donors (Lipinski definition) is 2. The molecule has 1 fully saturated rings. The Labute approximate surface area is 196 Å². The Balaban J connectivity index is 1.71. The number of pyridine rings is 1. The minimum atomic E-state index is -1.03. The number of carbonyl (C=O) groups is 1. The number of rotatable bonds is 8. The second-order valence-corrected chi connectivity index (χ2v) is 8.16. The van der Waals surface area contributed by atoms with Crippen molar-refractivity contribution in [2.24, 2.45) is 0 Å². The van der Waals surface area contributed by atoms with E-state index in [1.165, 1.54) is 12.1 Å². The molecule has 0 saturated carbocycles. The first-order valence-electron chi connectivity index (χ1n) is 10.1. The summed E-state index contributed by atoms with van der Waals surface area (Å²) in [4.78, 5) is 18.0. The van der Waals surface area contributed by atoms with Gasteiger partial charge in [0.1, 0.15) is 17.6 Å². The molecule has 2 aromatic heterocycles. The maximum absolute atomic E-state index is 11.4. The molecule has 0 aliphatic carbocycles. The van der Waals surface area contributed by atoms with Crippen LogP contribution in [-0.4, -0.2) is 46.3 Å². The third-order valence-corrected chi connectivity index (χ3v) is 6.02. The molecule has 0 amide bonds. The standard InChI is InChI=1S/C23H22ClN3O4S/c1-30-12-4-11-27-21(20(26-23(27)32)17-5-2-3-10-25-17)19-9-8-18(31-19)15-13-14(22(28)29)6-7-16(15)24/h2-3,5-10,13,20-21H,4,11-12H2,1H3,(H,26,32)(H,28,29)/t20-,21-/m0/s1. The maximum atomic E-state index is 11.4. The highest BCUT2D eigenvalue weighted by Gasteiger charge is 2.41. The van der Waals surface area contributed by atoms with E-state index in [1.54, 1.807) is 25.4 Å². The van der Waals surface area contributed by atoms with Crippen molar-refractivity contribution in [1.82, 2.24) is 15.2 Å². The summed E-state index contributed by atoms with van der Waals surface area (Å²) in [5, 5.41) is 13.7. The van der Waals surface area contributed by atoms with Gasteiger partial charge in [0.05, 0.1) is 22.3 Å². The summed E-state index contributed by atoms with van der Waals surface area (Å²) in [6.45, 7) is 1.29. The third kappa shape index (κ3) is 4.48. The molecule has 32 heavy (non-hydrogen) atoms. The van der Waals surface area contributed by atoms with Crippen molar-refractivity contribution in [3.63, 3.8) is 0 Å². The zero-order chi connectivity index (χ0) is 22.7. The number of nitrogens with zero attached hydrogens (tertiary/aromatic N) is 2. The number of hydrogen-bond acceptors (Lipinski definition) is 5. The molecule has 0 spiro atoms. The van der Waals surface area contributed by atoms with Gasteiger partial charge in [-0.25, -0.2) is 4.79 Å². The van der Waals surface area contributed by atoms with Crippen molar-refractivity contribution in [2.45, 2.75) is 18.5 Å². The first-order chi connectivity index (χ1) is 15.5. The van der Waals surface area contributed by atoms with E-state index in [2.05, 4.69) is 15.2 Å². The Morgan fingerprint density at radius 3 is 2.88 bits per heavy atom. The Bertz CT molecular complexity index is 1120. The topological polar surface area (TPSA) is 87.8 Å². The average molecular weight is 472 g/mol. The van der Waals surface area contributed by atoms with Gasteiger partial charge in [0.2, 0.25) is 0 Å².